The van der Waals surface area contributed by atoms with Gasteiger partial charge in [-0.25, -0.2) is 4.98 Å². The van der Waals surface area contributed by atoms with Gasteiger partial charge in [0.25, 0.3) is 5.91 Å². The molecule has 3 rings (SSSR count). The number of nitrogens with one attached hydrogen (secondary N) is 1. The Morgan fingerprint density at radius 3 is 3.08 bits per heavy atom. The van der Waals surface area contributed by atoms with E-state index >= 15 is 0 Å². The molecule has 1 fully saturated rings. The summed E-state index contributed by atoms with van der Waals surface area (Å²) in [6.07, 6.45) is 3.91. The summed E-state index contributed by atoms with van der Waals surface area (Å²) in [5, 5.41) is 5.19. The van der Waals surface area contributed by atoms with Gasteiger partial charge in [-0.3, -0.25) is 9.69 Å². The molecular weight excluding hydrogens is 322 g/mol. The SMILES string of the molecule is COc1ncccc1C(=O)NC[C@@H]1CCCN(C)[C@H]1c1cccs1. The molecule has 0 saturated carbocycles. The molecule has 0 unspecified atom stereocenters. The molecule has 0 spiro atoms. The van der Waals surface area contributed by atoms with Crippen molar-refractivity contribution in [1.82, 2.24) is 15.2 Å². The molecule has 128 valence electrons. The Hall–Kier alpha value is -1.92. The molecule has 2 atom stereocenters. The third-order valence-corrected chi connectivity index (χ3v) is 5.52. The molecule has 24 heavy (non-hydrogen) atoms. The molecule has 1 saturated heterocycles. The van der Waals surface area contributed by atoms with Crippen LogP contribution in [0.3, 0.4) is 0 Å². The smallest absolute Gasteiger partial charge is 0.256 e. The number of hydrogen-bond acceptors (Lipinski definition) is 5. The summed E-state index contributed by atoms with van der Waals surface area (Å²) in [5.41, 5.74) is 0.483. The highest BCUT2D eigenvalue weighted by molar-refractivity contribution is 7.10. The summed E-state index contributed by atoms with van der Waals surface area (Å²) in [6.45, 7) is 1.76. The highest BCUT2D eigenvalue weighted by atomic mass is 32.1. The summed E-state index contributed by atoms with van der Waals surface area (Å²) in [7, 11) is 3.70. The Kier molecular flexibility index (Phi) is 5.48. The van der Waals surface area contributed by atoms with Crippen LogP contribution in [-0.2, 0) is 0 Å². The second-order valence-electron chi connectivity index (χ2n) is 6.11. The van der Waals surface area contributed by atoms with Gasteiger partial charge in [0.1, 0.15) is 5.56 Å². The maximum Gasteiger partial charge on any atom is 0.256 e. The first-order chi connectivity index (χ1) is 11.7. The fraction of sp³-hybridized carbons (Fsp3) is 0.444. The van der Waals surface area contributed by atoms with Crippen LogP contribution in [0.25, 0.3) is 0 Å². The molecule has 2 aromatic heterocycles. The van der Waals surface area contributed by atoms with Crippen LogP contribution in [-0.4, -0.2) is 43.0 Å². The zero-order chi connectivity index (χ0) is 16.9. The van der Waals surface area contributed by atoms with Gasteiger partial charge in [0.15, 0.2) is 0 Å². The number of amides is 1. The van der Waals surface area contributed by atoms with Crippen LogP contribution in [0.15, 0.2) is 35.8 Å². The first kappa shape index (κ1) is 16.9. The second-order valence-corrected chi connectivity index (χ2v) is 7.09. The third-order valence-electron chi connectivity index (χ3n) is 4.58. The van der Waals surface area contributed by atoms with Gasteiger partial charge in [0.05, 0.1) is 7.11 Å². The van der Waals surface area contributed by atoms with Crippen LogP contribution >= 0.6 is 11.3 Å². The number of pyridine rings is 1. The van der Waals surface area contributed by atoms with Crippen LogP contribution < -0.4 is 10.1 Å². The van der Waals surface area contributed by atoms with E-state index in [1.165, 1.54) is 12.0 Å². The van der Waals surface area contributed by atoms with Crippen molar-refractivity contribution in [3.63, 3.8) is 0 Å². The zero-order valence-corrected chi connectivity index (χ0v) is 14.9. The van der Waals surface area contributed by atoms with E-state index < -0.39 is 0 Å². The molecule has 1 aliphatic rings. The van der Waals surface area contributed by atoms with Crippen molar-refractivity contribution in [1.29, 1.82) is 0 Å². The van der Waals surface area contributed by atoms with Crippen molar-refractivity contribution in [2.75, 3.05) is 27.2 Å². The van der Waals surface area contributed by atoms with Crippen molar-refractivity contribution in [2.24, 2.45) is 5.92 Å². The molecule has 6 heteroatoms. The maximum absolute atomic E-state index is 12.5. The predicted molar refractivity (Wildman–Crippen MR) is 95.5 cm³/mol. The normalized spacial score (nSPS) is 21.4. The number of methoxy groups -OCH3 is 1. The molecule has 3 heterocycles. The quantitative estimate of drug-likeness (QED) is 0.905. The highest BCUT2D eigenvalue weighted by Gasteiger charge is 2.31. The number of thiophene rings is 1. The average Bonchev–Trinajstić information content (AvgIpc) is 3.13. The fourth-order valence-electron chi connectivity index (χ4n) is 3.43. The Morgan fingerprint density at radius 2 is 2.33 bits per heavy atom. The van der Waals surface area contributed by atoms with Gasteiger partial charge >= 0.3 is 0 Å². The Morgan fingerprint density at radius 1 is 1.46 bits per heavy atom. The predicted octanol–water partition coefficient (Wildman–Crippen LogP) is 2.96. The molecular formula is C18H23N3O2S. The lowest BCUT2D eigenvalue weighted by atomic mass is 9.88. The molecule has 2 aromatic rings. The lowest BCUT2D eigenvalue weighted by Crippen LogP contribution is -2.41. The van der Waals surface area contributed by atoms with Crippen molar-refractivity contribution in [2.45, 2.75) is 18.9 Å². The van der Waals surface area contributed by atoms with Crippen molar-refractivity contribution in [3.05, 3.63) is 46.3 Å². The average molecular weight is 345 g/mol. The minimum atomic E-state index is -0.127. The Balaban J connectivity index is 1.69. The maximum atomic E-state index is 12.5. The standard InChI is InChI=1S/C18H23N3O2S/c1-21-10-4-6-13(16(21)15-8-5-11-24-15)12-20-17(22)14-7-3-9-19-18(14)23-2/h3,5,7-9,11,13,16H,4,6,10,12H2,1-2H3,(H,20,22)/t13-,16+/m0/s1. The summed E-state index contributed by atoms with van der Waals surface area (Å²) in [6, 6.07) is 8.15. The van der Waals surface area contributed by atoms with Crippen LogP contribution in [0.1, 0.15) is 34.1 Å². The highest BCUT2D eigenvalue weighted by Crippen LogP contribution is 2.36. The molecule has 0 radical (unpaired) electrons. The largest absolute Gasteiger partial charge is 0.480 e. The van der Waals surface area contributed by atoms with Crippen LogP contribution in [0.4, 0.5) is 0 Å². The van der Waals surface area contributed by atoms with Gasteiger partial charge in [-0.15, -0.1) is 11.3 Å². The number of nitrogens with zero attached hydrogens (tertiary/aromatic N) is 2. The number of rotatable bonds is 5. The van der Waals surface area contributed by atoms with E-state index in [1.54, 1.807) is 29.7 Å². The lowest BCUT2D eigenvalue weighted by molar-refractivity contribution is 0.0892. The zero-order valence-electron chi connectivity index (χ0n) is 14.1. The van der Waals surface area contributed by atoms with E-state index in [9.17, 15) is 4.79 Å². The first-order valence-corrected chi connectivity index (χ1v) is 9.09. The lowest BCUT2D eigenvalue weighted by Gasteiger charge is -2.38. The summed E-state index contributed by atoms with van der Waals surface area (Å²) >= 11 is 1.79. The van der Waals surface area contributed by atoms with Crippen LogP contribution in [0.2, 0.25) is 0 Å². The summed E-state index contributed by atoms with van der Waals surface area (Å²) in [4.78, 5) is 20.4. The van der Waals surface area contributed by atoms with Crippen molar-refractivity contribution in [3.8, 4) is 5.88 Å². The number of ether oxygens (including phenoxy) is 1. The molecule has 0 bridgehead atoms. The van der Waals surface area contributed by atoms with Crippen molar-refractivity contribution < 1.29 is 9.53 Å². The Labute approximate surface area is 146 Å². The second kappa shape index (κ2) is 7.77. The van der Waals surface area contributed by atoms with E-state index in [4.69, 9.17) is 4.74 Å². The molecule has 0 aromatic carbocycles. The van der Waals surface area contributed by atoms with Crippen molar-refractivity contribution >= 4 is 17.2 Å². The number of aromatic nitrogens is 1. The van der Waals surface area contributed by atoms with E-state index in [0.29, 0.717) is 29.9 Å². The topological polar surface area (TPSA) is 54.5 Å². The van der Waals surface area contributed by atoms with Gasteiger partial charge < -0.3 is 10.1 Å². The fourth-order valence-corrected chi connectivity index (χ4v) is 4.41. The van der Waals surface area contributed by atoms with E-state index in [0.717, 1.165) is 19.4 Å². The summed E-state index contributed by atoms with van der Waals surface area (Å²) < 4.78 is 5.18. The van der Waals surface area contributed by atoms with Gasteiger partial charge in [-0.2, -0.15) is 0 Å². The monoisotopic (exact) mass is 345 g/mol. The number of likely N-dealkylation sites (tertiary alicyclic amines) is 1. The number of hydrogen-bond donors (Lipinski definition) is 1. The molecule has 1 N–H and O–H groups in total. The minimum Gasteiger partial charge on any atom is -0.480 e. The van der Waals surface area contributed by atoms with Gasteiger partial charge in [-0.05, 0) is 55.9 Å². The molecule has 0 aliphatic carbocycles. The van der Waals surface area contributed by atoms with E-state index in [2.05, 4.69) is 39.8 Å². The number of carbonyl (C=O) groups excluding carboxylic acids is 1. The number of piperidine rings is 1. The molecule has 5 nitrogen and oxygen atoms in total. The van der Waals surface area contributed by atoms with E-state index in [-0.39, 0.29) is 5.91 Å². The summed E-state index contributed by atoms with van der Waals surface area (Å²) in [5.74, 6) is 0.651. The van der Waals surface area contributed by atoms with Gasteiger partial charge in [-0.1, -0.05) is 6.07 Å². The third kappa shape index (κ3) is 3.60. The molecule has 1 aliphatic heterocycles. The Bertz CT molecular complexity index is 675. The van der Waals surface area contributed by atoms with Gasteiger partial charge in [0, 0.05) is 23.7 Å². The van der Waals surface area contributed by atoms with E-state index in [1.807, 2.05) is 0 Å². The first-order valence-electron chi connectivity index (χ1n) is 8.21. The van der Waals surface area contributed by atoms with Crippen LogP contribution in [0, 0.1) is 5.92 Å². The minimum absolute atomic E-state index is 0.127. The van der Waals surface area contributed by atoms with Crippen LogP contribution in [0.5, 0.6) is 5.88 Å². The number of carbonyl (C=O) groups is 1. The molecule has 1 amide bonds. The van der Waals surface area contributed by atoms with Gasteiger partial charge in [0.2, 0.25) is 5.88 Å².